The fourth-order valence-electron chi connectivity index (χ4n) is 6.05. The average molecular weight is 611 g/mol. The van der Waals surface area contributed by atoms with Crippen LogP contribution in [-0.4, -0.2) is 99.7 Å². The van der Waals surface area contributed by atoms with Gasteiger partial charge in [-0.1, -0.05) is 52.8 Å². The van der Waals surface area contributed by atoms with E-state index < -0.39 is 102 Å². The number of esters is 1. The molecule has 0 aromatic heterocycles. The molecule has 43 heavy (non-hydrogen) atoms. The Morgan fingerprint density at radius 2 is 1.60 bits per heavy atom. The lowest BCUT2D eigenvalue weighted by Gasteiger charge is -2.31. The predicted octanol–water partition coefficient (Wildman–Crippen LogP) is 1.58. The van der Waals surface area contributed by atoms with Crippen molar-refractivity contribution in [3.05, 3.63) is 23.8 Å². The van der Waals surface area contributed by atoms with Crippen LogP contribution in [0.1, 0.15) is 61.8 Å². The van der Waals surface area contributed by atoms with Gasteiger partial charge in [0.15, 0.2) is 6.10 Å². The highest BCUT2D eigenvalue weighted by molar-refractivity contribution is 5.88. The number of epoxide rings is 1. The maximum absolute atomic E-state index is 13.7. The number of rotatable bonds is 5. The lowest BCUT2D eigenvalue weighted by atomic mass is 9.79. The van der Waals surface area contributed by atoms with Gasteiger partial charge in [-0.25, -0.2) is 4.79 Å². The number of hydrogen-bond acceptors (Lipinski definition) is 11. The van der Waals surface area contributed by atoms with Crippen LogP contribution in [0, 0.1) is 35.5 Å². The predicted molar refractivity (Wildman–Crippen MR) is 157 cm³/mol. The first-order valence-corrected chi connectivity index (χ1v) is 14.9. The number of aliphatic hydroxyl groups excluding tert-OH is 4. The van der Waals surface area contributed by atoms with Gasteiger partial charge in [-0.3, -0.25) is 14.4 Å². The number of ether oxygens (including phenoxy) is 3. The van der Waals surface area contributed by atoms with Gasteiger partial charge in [-0.05, 0) is 26.3 Å². The monoisotopic (exact) mass is 610 g/mol. The molecule has 2 rings (SSSR count). The van der Waals surface area contributed by atoms with Crippen molar-refractivity contribution in [3.8, 4) is 0 Å². The van der Waals surface area contributed by atoms with Crippen molar-refractivity contribution >= 4 is 23.3 Å². The third kappa shape index (κ3) is 8.26. The smallest absolute Gasteiger partial charge is 0.337 e. The average Bonchev–Trinajstić information content (AvgIpc) is 3.67. The van der Waals surface area contributed by atoms with E-state index in [1.54, 1.807) is 20.8 Å². The summed E-state index contributed by atoms with van der Waals surface area (Å²) in [5.41, 5.74) is -0.809. The van der Waals surface area contributed by atoms with Crippen molar-refractivity contribution in [2.75, 3.05) is 13.7 Å². The minimum absolute atomic E-state index is 0.0932. The lowest BCUT2D eigenvalue weighted by Crippen LogP contribution is -2.49. The second-order valence-electron chi connectivity index (χ2n) is 12.5. The molecule has 0 aromatic rings. The molecule has 0 spiro atoms. The van der Waals surface area contributed by atoms with Crippen LogP contribution >= 0.6 is 0 Å². The molecule has 0 bridgehead atoms. The summed E-state index contributed by atoms with van der Waals surface area (Å²) in [7, 11) is 1.22. The van der Waals surface area contributed by atoms with Gasteiger partial charge < -0.3 is 34.6 Å². The highest BCUT2D eigenvalue weighted by atomic mass is 16.6. The zero-order valence-electron chi connectivity index (χ0n) is 26.7. The molecule has 11 nitrogen and oxygen atoms in total. The van der Waals surface area contributed by atoms with Gasteiger partial charge in [-0.15, -0.1) is 0 Å². The molecular formula is C32H50O11. The summed E-state index contributed by atoms with van der Waals surface area (Å²) in [5.74, 6) is -8.06. The Morgan fingerprint density at radius 1 is 1.00 bits per heavy atom. The van der Waals surface area contributed by atoms with E-state index in [1.807, 2.05) is 26.0 Å². The first-order chi connectivity index (χ1) is 19.9. The molecule has 11 heteroatoms. The van der Waals surface area contributed by atoms with Gasteiger partial charge in [0.2, 0.25) is 0 Å². The second kappa shape index (κ2) is 15.1. The number of Topliss-reactive ketones (excluding diaryl/α,β-unsaturated/α-hetero) is 3. The molecule has 0 radical (unpaired) electrons. The Labute approximate surface area is 254 Å². The Balaban J connectivity index is 2.50. The Morgan fingerprint density at radius 3 is 2.16 bits per heavy atom. The molecule has 1 fully saturated rings. The zero-order valence-corrected chi connectivity index (χ0v) is 26.7. The normalized spacial score (nSPS) is 42.0. The van der Waals surface area contributed by atoms with Gasteiger partial charge in [0.25, 0.3) is 0 Å². The molecule has 2 aliphatic rings. The van der Waals surface area contributed by atoms with E-state index in [0.717, 1.165) is 0 Å². The lowest BCUT2D eigenvalue weighted by molar-refractivity contribution is -0.169. The van der Waals surface area contributed by atoms with E-state index >= 15 is 0 Å². The van der Waals surface area contributed by atoms with E-state index in [2.05, 4.69) is 0 Å². The van der Waals surface area contributed by atoms with Crippen LogP contribution in [0.3, 0.4) is 0 Å². The molecule has 2 aliphatic heterocycles. The van der Waals surface area contributed by atoms with Gasteiger partial charge in [0, 0.05) is 43.1 Å². The van der Waals surface area contributed by atoms with Crippen molar-refractivity contribution in [2.45, 2.75) is 104 Å². The van der Waals surface area contributed by atoms with E-state index in [-0.39, 0.29) is 12.3 Å². The van der Waals surface area contributed by atoms with Gasteiger partial charge in [0.1, 0.15) is 35.7 Å². The summed E-state index contributed by atoms with van der Waals surface area (Å²) in [6.45, 7) is 12.3. The van der Waals surface area contributed by atoms with Gasteiger partial charge >= 0.3 is 5.97 Å². The van der Waals surface area contributed by atoms with Crippen molar-refractivity contribution < 1.29 is 53.8 Å². The maximum Gasteiger partial charge on any atom is 0.337 e. The van der Waals surface area contributed by atoms with Crippen molar-refractivity contribution in [1.82, 2.24) is 0 Å². The number of aliphatic hydroxyl groups is 4. The molecule has 244 valence electrons. The number of hydrogen-bond donors (Lipinski definition) is 4. The van der Waals surface area contributed by atoms with E-state index in [0.29, 0.717) is 5.57 Å². The van der Waals surface area contributed by atoms with Crippen LogP contribution in [0.5, 0.6) is 0 Å². The molecule has 1 saturated heterocycles. The maximum atomic E-state index is 13.7. The molecule has 0 aliphatic carbocycles. The highest BCUT2D eigenvalue weighted by Crippen LogP contribution is 2.47. The number of carbonyl (C=O) groups is 4. The van der Waals surface area contributed by atoms with E-state index in [1.165, 1.54) is 34.0 Å². The number of allylic oxidation sites excluding steroid dienone is 2. The van der Waals surface area contributed by atoms with Crippen LogP contribution < -0.4 is 0 Å². The fraction of sp³-hybridized carbons (Fsp3) is 0.750. The SMILES string of the molecule is C/C=C\[C@H](C)[C@H]1O[C@]1(C)[C@H](O)[C@H]1COC(=O)[C@H](O)[C@@H](OC)[C@H](C)C(=O)[C@H](C)[C@@H](O)/C(C)=C/[C@H](C)C(=O)C[C@H](O)[C@@H](C)C1=O. The second-order valence-corrected chi connectivity index (χ2v) is 12.5. The number of carbonyl (C=O) groups excluding carboxylic acids is 4. The van der Waals surface area contributed by atoms with Gasteiger partial charge in [0.05, 0.1) is 30.3 Å². The minimum atomic E-state index is -1.92. The molecule has 0 saturated carbocycles. The Bertz CT molecular complexity index is 1080. The molecule has 0 unspecified atom stereocenters. The quantitative estimate of drug-likeness (QED) is 0.202. The van der Waals surface area contributed by atoms with Gasteiger partial charge in [-0.2, -0.15) is 0 Å². The van der Waals surface area contributed by atoms with E-state index in [4.69, 9.17) is 14.2 Å². The number of ketones is 3. The fourth-order valence-corrected chi connectivity index (χ4v) is 6.05. The van der Waals surface area contributed by atoms with Crippen molar-refractivity contribution in [2.24, 2.45) is 35.5 Å². The first kappa shape index (κ1) is 36.9. The summed E-state index contributed by atoms with van der Waals surface area (Å²) in [4.78, 5) is 53.0. The van der Waals surface area contributed by atoms with Crippen LogP contribution in [0.2, 0.25) is 0 Å². The number of methoxy groups -OCH3 is 1. The van der Waals surface area contributed by atoms with E-state index in [9.17, 15) is 39.6 Å². The first-order valence-electron chi connectivity index (χ1n) is 14.9. The largest absolute Gasteiger partial charge is 0.463 e. The highest BCUT2D eigenvalue weighted by Gasteiger charge is 2.62. The van der Waals surface area contributed by atoms with Crippen LogP contribution in [0.15, 0.2) is 23.8 Å². The van der Waals surface area contributed by atoms with Crippen molar-refractivity contribution in [3.63, 3.8) is 0 Å². The summed E-state index contributed by atoms with van der Waals surface area (Å²) < 4.78 is 16.5. The van der Waals surface area contributed by atoms with Crippen LogP contribution in [0.4, 0.5) is 0 Å². The van der Waals surface area contributed by atoms with Crippen LogP contribution in [-0.2, 0) is 33.4 Å². The standard InChI is InChI=1S/C32H50O11/c1-10-11-15(2)30-32(8,43-30)29(39)21-14-42-31(40)27(38)28(41-9)20(7)25(36)19(6)24(35)17(4)12-16(3)22(33)13-23(34)18(5)26(21)37/h10-12,15-16,18-21,23-24,27-30,34-35,38-39H,13-14H2,1-9H3/b11-10-,17-12+/t15-,16-,18+,19+,20+,21-,23-,24-,27+,28-,29+,30+,32+/m0/s1. The summed E-state index contributed by atoms with van der Waals surface area (Å²) >= 11 is 0. The molecular weight excluding hydrogens is 560 g/mol. The summed E-state index contributed by atoms with van der Waals surface area (Å²) in [5, 5.41) is 44.0. The zero-order chi connectivity index (χ0) is 33.0. The third-order valence-electron chi connectivity index (χ3n) is 9.21. The molecule has 0 aromatic carbocycles. The number of cyclic esters (lactones) is 1. The molecule has 4 N–H and O–H groups in total. The molecule has 0 amide bonds. The van der Waals surface area contributed by atoms with Crippen molar-refractivity contribution in [1.29, 1.82) is 0 Å². The third-order valence-corrected chi connectivity index (χ3v) is 9.21. The molecule has 13 atom stereocenters. The topological polar surface area (TPSA) is 180 Å². The molecule has 2 heterocycles. The Kier molecular flexibility index (Phi) is 13.0. The van der Waals surface area contributed by atoms with Crippen LogP contribution in [0.25, 0.3) is 0 Å². The summed E-state index contributed by atoms with van der Waals surface area (Å²) in [6.07, 6.45) is -2.96. The summed E-state index contributed by atoms with van der Waals surface area (Å²) in [6, 6.07) is 0. The minimum Gasteiger partial charge on any atom is -0.463 e. The Hall–Kier alpha value is -2.28.